The van der Waals surface area contributed by atoms with Crippen molar-refractivity contribution in [3.05, 3.63) is 29.8 Å². The fraction of sp³-hybridized carbons (Fsp3) is 0.583. The maximum absolute atomic E-state index is 13.6. The fourth-order valence-corrected chi connectivity index (χ4v) is 4.97. The van der Waals surface area contributed by atoms with E-state index in [9.17, 15) is 19.2 Å². The van der Waals surface area contributed by atoms with Gasteiger partial charge in [0.15, 0.2) is 0 Å². The quantitative estimate of drug-likeness (QED) is 0.626. The lowest BCUT2D eigenvalue weighted by Gasteiger charge is -2.35. The number of likely N-dealkylation sites (tertiary alicyclic amines) is 2. The van der Waals surface area contributed by atoms with Gasteiger partial charge < -0.3 is 9.64 Å². The molecule has 3 amide bonds. The molecule has 1 unspecified atom stereocenters. The Hall–Kier alpha value is -2.70. The van der Waals surface area contributed by atoms with Crippen molar-refractivity contribution in [1.29, 1.82) is 0 Å². The molecule has 1 aliphatic carbocycles. The Labute approximate surface area is 182 Å². The van der Waals surface area contributed by atoms with E-state index in [1.807, 2.05) is 6.92 Å². The molecule has 31 heavy (non-hydrogen) atoms. The van der Waals surface area contributed by atoms with Gasteiger partial charge in [-0.2, -0.15) is 0 Å². The first-order valence-electron chi connectivity index (χ1n) is 11.2. The van der Waals surface area contributed by atoms with Crippen molar-refractivity contribution < 1.29 is 23.9 Å². The topological polar surface area (TPSA) is 84.0 Å². The van der Waals surface area contributed by atoms with Gasteiger partial charge in [-0.1, -0.05) is 19.1 Å². The van der Waals surface area contributed by atoms with E-state index in [0.717, 1.165) is 25.7 Å². The number of carbonyl (C=O) groups is 4. The summed E-state index contributed by atoms with van der Waals surface area (Å²) in [5.41, 5.74) is -0.522. The molecule has 7 heteroatoms. The van der Waals surface area contributed by atoms with Crippen LogP contribution in [0, 0.1) is 5.92 Å². The molecule has 2 saturated heterocycles. The van der Waals surface area contributed by atoms with Crippen LogP contribution in [0.2, 0.25) is 0 Å². The molecule has 7 nitrogen and oxygen atoms in total. The standard InChI is InChI=1S/C24H30N2O5/c1-3-20(27)16-5-4-12-25(15-16)21(28)13-24(17-6-10-19(31-2)11-7-17)14-22(29)26(23(24)30)18-8-9-18/h6-7,10-11,16,18H,3-5,8-9,12-15H2,1-2H3/t16?,24-/m1/s1. The maximum atomic E-state index is 13.6. The Morgan fingerprint density at radius 1 is 1.13 bits per heavy atom. The van der Waals surface area contributed by atoms with Gasteiger partial charge in [0.05, 0.1) is 12.5 Å². The smallest absolute Gasteiger partial charge is 0.241 e. The maximum Gasteiger partial charge on any atom is 0.241 e. The first kappa shape index (κ1) is 21.5. The van der Waals surface area contributed by atoms with E-state index in [2.05, 4.69) is 0 Å². The fourth-order valence-electron chi connectivity index (χ4n) is 4.97. The molecule has 0 bridgehead atoms. The number of nitrogens with zero attached hydrogens (tertiary/aromatic N) is 2. The molecule has 0 aromatic heterocycles. The molecular weight excluding hydrogens is 396 g/mol. The number of ether oxygens (including phenoxy) is 1. The number of rotatable bonds is 7. The monoisotopic (exact) mass is 426 g/mol. The summed E-state index contributed by atoms with van der Waals surface area (Å²) in [5, 5.41) is 0. The predicted octanol–water partition coefficient (Wildman–Crippen LogP) is 2.46. The molecular formula is C24H30N2O5. The largest absolute Gasteiger partial charge is 0.497 e. The van der Waals surface area contributed by atoms with Crippen LogP contribution in [0.4, 0.5) is 0 Å². The van der Waals surface area contributed by atoms with Gasteiger partial charge in [0.2, 0.25) is 17.7 Å². The minimum Gasteiger partial charge on any atom is -0.497 e. The number of ketones is 1. The summed E-state index contributed by atoms with van der Waals surface area (Å²) in [6.07, 6.45) is 3.65. The SMILES string of the molecule is CCC(=O)C1CCCN(C(=O)C[C@]2(c3ccc(OC)cc3)CC(=O)N(C3CC3)C2=O)C1. The lowest BCUT2D eigenvalue weighted by molar-refractivity contribution is -0.144. The van der Waals surface area contributed by atoms with Gasteiger partial charge in [0.25, 0.3) is 0 Å². The van der Waals surface area contributed by atoms with Gasteiger partial charge in [-0.15, -0.1) is 0 Å². The second-order valence-electron chi connectivity index (χ2n) is 8.96. The summed E-state index contributed by atoms with van der Waals surface area (Å²) in [6.45, 7) is 2.83. The Balaban J connectivity index is 1.62. The van der Waals surface area contributed by atoms with E-state index in [4.69, 9.17) is 4.74 Å². The number of carbonyl (C=O) groups excluding carboxylic acids is 4. The van der Waals surface area contributed by atoms with Crippen LogP contribution in [0.5, 0.6) is 5.75 Å². The van der Waals surface area contributed by atoms with E-state index in [1.165, 1.54) is 4.90 Å². The third kappa shape index (κ3) is 3.98. The number of amides is 3. The number of methoxy groups -OCH3 is 1. The molecule has 3 fully saturated rings. The van der Waals surface area contributed by atoms with Gasteiger partial charge in [0.1, 0.15) is 11.5 Å². The molecule has 2 heterocycles. The van der Waals surface area contributed by atoms with Crippen LogP contribution < -0.4 is 4.74 Å². The highest BCUT2D eigenvalue weighted by atomic mass is 16.5. The highest BCUT2D eigenvalue weighted by molar-refractivity contribution is 6.11. The Bertz CT molecular complexity index is 892. The normalized spacial score (nSPS) is 26.3. The Morgan fingerprint density at radius 3 is 2.45 bits per heavy atom. The number of imide groups is 1. The van der Waals surface area contributed by atoms with Gasteiger partial charge >= 0.3 is 0 Å². The van der Waals surface area contributed by atoms with Crippen LogP contribution in [0.3, 0.4) is 0 Å². The van der Waals surface area contributed by atoms with E-state index in [1.54, 1.807) is 36.3 Å². The summed E-state index contributed by atoms with van der Waals surface area (Å²) in [6, 6.07) is 7.06. The lowest BCUT2D eigenvalue weighted by Crippen LogP contribution is -2.47. The number of benzene rings is 1. The van der Waals surface area contributed by atoms with Crippen molar-refractivity contribution in [2.75, 3.05) is 20.2 Å². The second-order valence-corrected chi connectivity index (χ2v) is 8.96. The highest BCUT2D eigenvalue weighted by Gasteiger charge is 2.57. The van der Waals surface area contributed by atoms with Crippen LogP contribution in [-0.4, -0.2) is 59.5 Å². The number of hydrogen-bond donors (Lipinski definition) is 0. The molecule has 2 atom stereocenters. The van der Waals surface area contributed by atoms with Crippen molar-refractivity contribution >= 4 is 23.5 Å². The van der Waals surface area contributed by atoms with Crippen molar-refractivity contribution in [3.8, 4) is 5.75 Å². The van der Waals surface area contributed by atoms with E-state index >= 15 is 0 Å². The third-order valence-corrected chi connectivity index (χ3v) is 6.94. The van der Waals surface area contributed by atoms with Crippen LogP contribution >= 0.6 is 0 Å². The van der Waals surface area contributed by atoms with Crippen molar-refractivity contribution in [1.82, 2.24) is 9.80 Å². The van der Waals surface area contributed by atoms with E-state index in [0.29, 0.717) is 30.8 Å². The molecule has 4 rings (SSSR count). The van der Waals surface area contributed by atoms with Crippen molar-refractivity contribution in [2.45, 2.75) is 63.3 Å². The molecule has 2 aliphatic heterocycles. The third-order valence-electron chi connectivity index (χ3n) is 6.94. The first-order chi connectivity index (χ1) is 14.9. The molecule has 0 radical (unpaired) electrons. The van der Waals surface area contributed by atoms with Gasteiger partial charge in [0, 0.05) is 44.3 Å². The minimum atomic E-state index is -1.19. The predicted molar refractivity (Wildman–Crippen MR) is 113 cm³/mol. The Kier molecular flexibility index (Phi) is 5.86. The van der Waals surface area contributed by atoms with Gasteiger partial charge in [-0.05, 0) is 43.4 Å². The van der Waals surface area contributed by atoms with Crippen LogP contribution in [0.1, 0.15) is 57.4 Å². The zero-order valence-corrected chi connectivity index (χ0v) is 18.3. The van der Waals surface area contributed by atoms with E-state index in [-0.39, 0.29) is 48.3 Å². The second kappa shape index (κ2) is 8.44. The lowest BCUT2D eigenvalue weighted by atomic mass is 9.75. The van der Waals surface area contributed by atoms with Crippen molar-refractivity contribution in [2.24, 2.45) is 5.92 Å². The summed E-state index contributed by atoms with van der Waals surface area (Å²) >= 11 is 0. The summed E-state index contributed by atoms with van der Waals surface area (Å²) in [7, 11) is 1.57. The van der Waals surface area contributed by atoms with E-state index < -0.39 is 5.41 Å². The van der Waals surface area contributed by atoms with Crippen LogP contribution in [0.15, 0.2) is 24.3 Å². The molecule has 0 spiro atoms. The van der Waals surface area contributed by atoms with Crippen molar-refractivity contribution in [3.63, 3.8) is 0 Å². The molecule has 1 aromatic rings. The van der Waals surface area contributed by atoms with Gasteiger partial charge in [-0.25, -0.2) is 0 Å². The zero-order valence-electron chi connectivity index (χ0n) is 18.3. The average Bonchev–Trinajstić information content (AvgIpc) is 3.59. The molecule has 0 N–H and O–H groups in total. The molecule has 1 aromatic carbocycles. The summed E-state index contributed by atoms with van der Waals surface area (Å²) in [5.74, 6) is 0.0598. The number of Topliss-reactive ketones (excluding diaryl/α,β-unsaturated/α-hetero) is 1. The zero-order chi connectivity index (χ0) is 22.2. The van der Waals surface area contributed by atoms with Crippen LogP contribution in [0.25, 0.3) is 0 Å². The molecule has 1 saturated carbocycles. The first-order valence-corrected chi connectivity index (χ1v) is 11.2. The minimum absolute atomic E-state index is 0.00552. The van der Waals surface area contributed by atoms with Gasteiger partial charge in [-0.3, -0.25) is 24.1 Å². The summed E-state index contributed by atoms with van der Waals surface area (Å²) in [4.78, 5) is 55.0. The number of piperidine rings is 1. The molecule has 166 valence electrons. The van der Waals surface area contributed by atoms with Crippen LogP contribution in [-0.2, 0) is 24.6 Å². The molecule has 3 aliphatic rings. The Morgan fingerprint density at radius 2 is 1.84 bits per heavy atom. The number of hydrogen-bond acceptors (Lipinski definition) is 5. The average molecular weight is 427 g/mol. The summed E-state index contributed by atoms with van der Waals surface area (Å²) < 4.78 is 5.23. The highest BCUT2D eigenvalue weighted by Crippen LogP contribution is 2.45.